The van der Waals surface area contributed by atoms with Crippen LogP contribution in [0.3, 0.4) is 0 Å². The summed E-state index contributed by atoms with van der Waals surface area (Å²) in [5.41, 5.74) is 5.96. The summed E-state index contributed by atoms with van der Waals surface area (Å²) in [5.74, 6) is 2.43. The molecular weight excluding hydrogens is 186 g/mol. The molecule has 0 aromatic carbocycles. The molecule has 1 rings (SSSR count). The van der Waals surface area contributed by atoms with Crippen LogP contribution in [0.2, 0.25) is 0 Å². The number of rotatable bonds is 2. The second kappa shape index (κ2) is 5.50. The van der Waals surface area contributed by atoms with E-state index in [1.807, 2.05) is 11.8 Å². The lowest BCUT2D eigenvalue weighted by Crippen LogP contribution is -2.31. The first-order valence-electron chi connectivity index (χ1n) is 4.64. The van der Waals surface area contributed by atoms with Gasteiger partial charge in [0.2, 0.25) is 0 Å². The Kier molecular flexibility index (Phi) is 4.59. The van der Waals surface area contributed by atoms with Gasteiger partial charge in [-0.25, -0.2) is 0 Å². The standard InChI is InChI=1S/C9H17NO2S/c1-12-9(11)6-7-2-4-13-5-3-8(7)10/h7-8H,2-6,10H2,1H3/t7-,8+/m1/s1. The molecule has 0 bridgehead atoms. The third-order valence-corrected chi connectivity index (χ3v) is 3.54. The van der Waals surface area contributed by atoms with E-state index in [1.54, 1.807) is 0 Å². The van der Waals surface area contributed by atoms with Crippen molar-refractivity contribution in [1.29, 1.82) is 0 Å². The quantitative estimate of drug-likeness (QED) is 0.681. The highest BCUT2D eigenvalue weighted by Gasteiger charge is 2.23. The SMILES string of the molecule is COC(=O)C[C@H]1CCSCC[C@@H]1N. The molecule has 0 spiro atoms. The van der Waals surface area contributed by atoms with E-state index in [4.69, 9.17) is 5.73 Å². The van der Waals surface area contributed by atoms with Gasteiger partial charge in [0, 0.05) is 12.5 Å². The zero-order valence-corrected chi connectivity index (χ0v) is 8.81. The Labute approximate surface area is 83.4 Å². The van der Waals surface area contributed by atoms with E-state index in [-0.39, 0.29) is 12.0 Å². The number of carbonyl (C=O) groups is 1. The zero-order chi connectivity index (χ0) is 9.68. The summed E-state index contributed by atoms with van der Waals surface area (Å²) in [7, 11) is 1.43. The highest BCUT2D eigenvalue weighted by Crippen LogP contribution is 2.24. The van der Waals surface area contributed by atoms with Gasteiger partial charge in [-0.05, 0) is 30.3 Å². The van der Waals surface area contributed by atoms with Crippen LogP contribution >= 0.6 is 11.8 Å². The Bertz CT molecular complexity index is 175. The van der Waals surface area contributed by atoms with Gasteiger partial charge in [-0.15, -0.1) is 0 Å². The van der Waals surface area contributed by atoms with Crippen molar-refractivity contribution in [3.63, 3.8) is 0 Å². The van der Waals surface area contributed by atoms with Crippen molar-refractivity contribution in [3.05, 3.63) is 0 Å². The summed E-state index contributed by atoms with van der Waals surface area (Å²) in [4.78, 5) is 11.1. The van der Waals surface area contributed by atoms with E-state index in [2.05, 4.69) is 4.74 Å². The number of ether oxygens (including phenoxy) is 1. The van der Waals surface area contributed by atoms with Crippen molar-refractivity contribution < 1.29 is 9.53 Å². The van der Waals surface area contributed by atoms with Crippen LogP contribution in [0, 0.1) is 5.92 Å². The van der Waals surface area contributed by atoms with E-state index in [9.17, 15) is 4.79 Å². The average Bonchev–Trinajstić information content (AvgIpc) is 2.32. The van der Waals surface area contributed by atoms with Gasteiger partial charge in [-0.2, -0.15) is 11.8 Å². The largest absolute Gasteiger partial charge is 0.469 e. The van der Waals surface area contributed by atoms with Crippen LogP contribution in [0.25, 0.3) is 0 Å². The summed E-state index contributed by atoms with van der Waals surface area (Å²) in [6.45, 7) is 0. The van der Waals surface area contributed by atoms with E-state index >= 15 is 0 Å². The Morgan fingerprint density at radius 2 is 2.23 bits per heavy atom. The van der Waals surface area contributed by atoms with Crippen molar-refractivity contribution in [1.82, 2.24) is 0 Å². The van der Waals surface area contributed by atoms with Gasteiger partial charge in [0.1, 0.15) is 0 Å². The topological polar surface area (TPSA) is 52.3 Å². The molecule has 0 aromatic rings. The van der Waals surface area contributed by atoms with Gasteiger partial charge in [0.05, 0.1) is 7.11 Å². The molecule has 2 atom stereocenters. The first-order valence-corrected chi connectivity index (χ1v) is 5.79. The van der Waals surface area contributed by atoms with Crippen LogP contribution in [0.15, 0.2) is 0 Å². The first-order chi connectivity index (χ1) is 6.24. The fourth-order valence-electron chi connectivity index (χ4n) is 1.56. The normalized spacial score (nSPS) is 29.4. The van der Waals surface area contributed by atoms with Gasteiger partial charge in [-0.3, -0.25) is 4.79 Å². The zero-order valence-electron chi connectivity index (χ0n) is 7.99. The van der Waals surface area contributed by atoms with Gasteiger partial charge in [-0.1, -0.05) is 0 Å². The maximum absolute atomic E-state index is 11.1. The molecule has 3 nitrogen and oxygen atoms in total. The minimum atomic E-state index is -0.132. The maximum Gasteiger partial charge on any atom is 0.305 e. The van der Waals surface area contributed by atoms with E-state index in [0.29, 0.717) is 12.3 Å². The van der Waals surface area contributed by atoms with Gasteiger partial charge in [0.15, 0.2) is 0 Å². The first kappa shape index (κ1) is 10.9. The van der Waals surface area contributed by atoms with E-state index in [1.165, 1.54) is 7.11 Å². The third kappa shape index (κ3) is 3.56. The minimum Gasteiger partial charge on any atom is -0.469 e. The average molecular weight is 203 g/mol. The fraction of sp³-hybridized carbons (Fsp3) is 0.889. The predicted octanol–water partition coefficient (Wildman–Crippen LogP) is 1.02. The van der Waals surface area contributed by atoms with Crippen molar-refractivity contribution in [3.8, 4) is 0 Å². The van der Waals surface area contributed by atoms with Crippen LogP contribution in [0.1, 0.15) is 19.3 Å². The Morgan fingerprint density at radius 3 is 2.92 bits per heavy atom. The number of carbonyl (C=O) groups excluding carboxylic acids is 1. The Balaban J connectivity index is 2.40. The second-order valence-corrected chi connectivity index (χ2v) is 4.62. The van der Waals surface area contributed by atoms with E-state index in [0.717, 1.165) is 24.3 Å². The number of esters is 1. The number of methoxy groups -OCH3 is 1. The van der Waals surface area contributed by atoms with Crippen LogP contribution in [-0.4, -0.2) is 30.6 Å². The molecule has 0 aromatic heterocycles. The monoisotopic (exact) mass is 203 g/mol. The van der Waals surface area contributed by atoms with Crippen molar-refractivity contribution in [2.75, 3.05) is 18.6 Å². The molecule has 0 unspecified atom stereocenters. The van der Waals surface area contributed by atoms with Gasteiger partial charge < -0.3 is 10.5 Å². The second-order valence-electron chi connectivity index (χ2n) is 3.39. The maximum atomic E-state index is 11.1. The number of thioether (sulfide) groups is 1. The summed E-state index contributed by atoms with van der Waals surface area (Å²) in [6, 6.07) is 0.175. The van der Waals surface area contributed by atoms with Crippen LogP contribution in [-0.2, 0) is 9.53 Å². The molecule has 76 valence electrons. The molecule has 1 fully saturated rings. The summed E-state index contributed by atoms with van der Waals surface area (Å²) in [5, 5.41) is 0. The van der Waals surface area contributed by atoms with Crippen molar-refractivity contribution >= 4 is 17.7 Å². The number of nitrogens with two attached hydrogens (primary N) is 1. The molecule has 2 N–H and O–H groups in total. The lowest BCUT2D eigenvalue weighted by molar-refractivity contribution is -0.141. The molecular formula is C9H17NO2S. The van der Waals surface area contributed by atoms with Crippen molar-refractivity contribution in [2.24, 2.45) is 11.7 Å². The summed E-state index contributed by atoms with van der Waals surface area (Å²) in [6.07, 6.45) is 2.55. The van der Waals surface area contributed by atoms with Crippen molar-refractivity contribution in [2.45, 2.75) is 25.3 Å². The Morgan fingerprint density at radius 1 is 1.54 bits per heavy atom. The van der Waals surface area contributed by atoms with Gasteiger partial charge in [0.25, 0.3) is 0 Å². The molecule has 0 saturated carbocycles. The number of hydrogen-bond acceptors (Lipinski definition) is 4. The fourth-order valence-corrected chi connectivity index (χ4v) is 2.67. The molecule has 1 saturated heterocycles. The van der Waals surface area contributed by atoms with Crippen LogP contribution < -0.4 is 5.73 Å². The van der Waals surface area contributed by atoms with Crippen LogP contribution in [0.4, 0.5) is 0 Å². The molecule has 0 aliphatic carbocycles. The summed E-state index contributed by atoms with van der Waals surface area (Å²) >= 11 is 1.93. The third-order valence-electron chi connectivity index (χ3n) is 2.49. The molecule has 0 amide bonds. The predicted molar refractivity (Wildman–Crippen MR) is 54.7 cm³/mol. The summed E-state index contributed by atoms with van der Waals surface area (Å²) < 4.78 is 4.64. The van der Waals surface area contributed by atoms with Crippen LogP contribution in [0.5, 0.6) is 0 Å². The lowest BCUT2D eigenvalue weighted by Gasteiger charge is -2.19. The molecule has 0 radical (unpaired) electrons. The van der Waals surface area contributed by atoms with E-state index < -0.39 is 0 Å². The molecule has 1 aliphatic rings. The molecule has 1 aliphatic heterocycles. The molecule has 4 heteroatoms. The highest BCUT2D eigenvalue weighted by atomic mass is 32.2. The molecule has 1 heterocycles. The minimum absolute atomic E-state index is 0.132. The lowest BCUT2D eigenvalue weighted by atomic mass is 9.92. The number of hydrogen-bond donors (Lipinski definition) is 1. The Hall–Kier alpha value is -0.220. The highest BCUT2D eigenvalue weighted by molar-refractivity contribution is 7.99. The smallest absolute Gasteiger partial charge is 0.305 e. The molecule has 13 heavy (non-hydrogen) atoms. The van der Waals surface area contributed by atoms with Gasteiger partial charge >= 0.3 is 5.97 Å².